The van der Waals surface area contributed by atoms with Gasteiger partial charge in [-0.1, -0.05) is 6.07 Å². The molecule has 0 saturated heterocycles. The summed E-state index contributed by atoms with van der Waals surface area (Å²) in [4.78, 5) is 27.4. The fraction of sp³-hybridized carbons (Fsp3) is 0.273. The molecule has 3 rings (SSSR count). The van der Waals surface area contributed by atoms with Gasteiger partial charge >= 0.3 is 0 Å². The monoisotopic (exact) mass is 414 g/mol. The molecule has 30 heavy (non-hydrogen) atoms. The van der Waals surface area contributed by atoms with Crippen LogP contribution < -0.4 is 14.8 Å². The Kier molecular flexibility index (Phi) is 6.68. The summed E-state index contributed by atoms with van der Waals surface area (Å²) in [6, 6.07) is 10.5. The number of imide groups is 1. The average molecular weight is 414 g/mol. The molecule has 0 unspecified atom stereocenters. The van der Waals surface area contributed by atoms with Gasteiger partial charge in [0.15, 0.2) is 11.5 Å². The molecule has 0 saturated carbocycles. The number of amides is 2. The van der Waals surface area contributed by atoms with E-state index in [4.69, 9.17) is 14.2 Å². The topological polar surface area (TPSA) is 77.1 Å². The lowest BCUT2D eigenvalue weighted by Crippen LogP contribution is -2.33. The van der Waals surface area contributed by atoms with Gasteiger partial charge in [0.1, 0.15) is 11.5 Å². The van der Waals surface area contributed by atoms with Crippen LogP contribution in [0.1, 0.15) is 12.0 Å². The molecule has 1 aliphatic rings. The SMILES string of the molecule is COCCCN1C(=O)C(Nc2ccc(F)cc2)=C(c2ccc(OC)c(OC)c2)C1=O. The first-order valence-corrected chi connectivity index (χ1v) is 9.34. The van der Waals surface area contributed by atoms with Crippen molar-refractivity contribution < 1.29 is 28.2 Å². The van der Waals surface area contributed by atoms with Crippen LogP contribution in [0, 0.1) is 5.82 Å². The van der Waals surface area contributed by atoms with Gasteiger partial charge in [0, 0.05) is 25.9 Å². The van der Waals surface area contributed by atoms with Crippen LogP contribution in [0.2, 0.25) is 0 Å². The standard InChI is InChI=1S/C22H23FN2O5/c1-28-12-4-11-25-21(26)19(14-5-10-17(29-2)18(13-14)30-3)20(22(25)27)24-16-8-6-15(23)7-9-16/h5-10,13,24H,4,11-12H2,1-3H3. The van der Waals surface area contributed by atoms with Crippen molar-refractivity contribution in [1.29, 1.82) is 0 Å². The van der Waals surface area contributed by atoms with E-state index in [-0.39, 0.29) is 17.8 Å². The minimum Gasteiger partial charge on any atom is -0.493 e. The highest BCUT2D eigenvalue weighted by Crippen LogP contribution is 2.35. The Hall–Kier alpha value is -3.39. The quantitative estimate of drug-likeness (QED) is 0.502. The van der Waals surface area contributed by atoms with Crippen LogP contribution in [0.4, 0.5) is 10.1 Å². The van der Waals surface area contributed by atoms with Crippen LogP contribution in [0.25, 0.3) is 5.57 Å². The second-order valence-corrected chi connectivity index (χ2v) is 6.56. The second-order valence-electron chi connectivity index (χ2n) is 6.56. The number of anilines is 1. The summed E-state index contributed by atoms with van der Waals surface area (Å²) in [5.74, 6) is -0.340. The normalized spacial score (nSPS) is 13.8. The fourth-order valence-electron chi connectivity index (χ4n) is 3.20. The molecule has 158 valence electrons. The number of nitrogens with zero attached hydrogens (tertiary/aromatic N) is 1. The zero-order chi connectivity index (χ0) is 21.7. The van der Waals surface area contributed by atoms with Crippen LogP contribution >= 0.6 is 0 Å². The number of ether oxygens (including phenoxy) is 3. The largest absolute Gasteiger partial charge is 0.493 e. The van der Waals surface area contributed by atoms with Crippen molar-refractivity contribution in [2.45, 2.75) is 6.42 Å². The van der Waals surface area contributed by atoms with Crippen molar-refractivity contribution in [1.82, 2.24) is 4.90 Å². The molecule has 2 aromatic rings. The maximum atomic E-state index is 13.3. The van der Waals surface area contributed by atoms with Gasteiger partial charge in [-0.15, -0.1) is 0 Å². The first-order chi connectivity index (χ1) is 14.5. The van der Waals surface area contributed by atoms with Crippen LogP contribution in [0.15, 0.2) is 48.2 Å². The third kappa shape index (κ3) is 4.28. The molecule has 0 bridgehead atoms. The highest BCUT2D eigenvalue weighted by Gasteiger charge is 2.39. The lowest BCUT2D eigenvalue weighted by Gasteiger charge is -2.15. The molecule has 0 radical (unpaired) electrons. The summed E-state index contributed by atoms with van der Waals surface area (Å²) in [6.07, 6.45) is 0.511. The molecule has 0 atom stereocenters. The number of carbonyl (C=O) groups excluding carboxylic acids is 2. The maximum Gasteiger partial charge on any atom is 0.278 e. The third-order valence-electron chi connectivity index (χ3n) is 4.68. The Morgan fingerprint density at radius 2 is 1.63 bits per heavy atom. The van der Waals surface area contributed by atoms with Gasteiger partial charge in [-0.25, -0.2) is 4.39 Å². The van der Waals surface area contributed by atoms with Crippen molar-refractivity contribution >= 4 is 23.1 Å². The molecule has 7 nitrogen and oxygen atoms in total. The lowest BCUT2D eigenvalue weighted by atomic mass is 10.0. The van der Waals surface area contributed by atoms with E-state index < -0.39 is 17.6 Å². The third-order valence-corrected chi connectivity index (χ3v) is 4.68. The number of hydrogen-bond acceptors (Lipinski definition) is 6. The van der Waals surface area contributed by atoms with Crippen molar-refractivity contribution in [3.8, 4) is 11.5 Å². The van der Waals surface area contributed by atoms with Crippen molar-refractivity contribution in [3.63, 3.8) is 0 Å². The zero-order valence-electron chi connectivity index (χ0n) is 17.0. The molecule has 0 aromatic heterocycles. The van der Waals surface area contributed by atoms with E-state index in [2.05, 4.69) is 5.32 Å². The fourth-order valence-corrected chi connectivity index (χ4v) is 3.20. The molecule has 2 aromatic carbocycles. The molecule has 1 aliphatic heterocycles. The van der Waals surface area contributed by atoms with Gasteiger partial charge in [0.05, 0.1) is 19.8 Å². The molecule has 1 N–H and O–H groups in total. The maximum absolute atomic E-state index is 13.3. The van der Waals surface area contributed by atoms with Crippen LogP contribution in [-0.4, -0.2) is 51.2 Å². The Morgan fingerprint density at radius 1 is 0.933 bits per heavy atom. The summed E-state index contributed by atoms with van der Waals surface area (Å²) in [7, 11) is 4.56. The van der Waals surface area contributed by atoms with E-state index in [1.807, 2.05) is 0 Å². The van der Waals surface area contributed by atoms with E-state index in [0.717, 1.165) is 0 Å². The molecule has 1 heterocycles. The number of carbonyl (C=O) groups is 2. The van der Waals surface area contributed by atoms with Gasteiger partial charge in [-0.2, -0.15) is 0 Å². The zero-order valence-corrected chi connectivity index (χ0v) is 17.0. The number of methoxy groups -OCH3 is 3. The number of benzene rings is 2. The second kappa shape index (κ2) is 9.41. The van der Waals surface area contributed by atoms with E-state index in [1.165, 1.54) is 43.4 Å². The van der Waals surface area contributed by atoms with Crippen LogP contribution in [0.5, 0.6) is 11.5 Å². The molecule has 0 spiro atoms. The first-order valence-electron chi connectivity index (χ1n) is 9.34. The van der Waals surface area contributed by atoms with Crippen molar-refractivity contribution in [3.05, 3.63) is 59.5 Å². The highest BCUT2D eigenvalue weighted by molar-refractivity contribution is 6.36. The molecular formula is C22H23FN2O5. The van der Waals surface area contributed by atoms with Gasteiger partial charge in [0.2, 0.25) is 0 Å². The number of halogens is 1. The van der Waals surface area contributed by atoms with E-state index in [1.54, 1.807) is 25.3 Å². The summed E-state index contributed by atoms with van der Waals surface area (Å²) in [6.45, 7) is 0.639. The average Bonchev–Trinajstić information content (AvgIpc) is 2.99. The Balaban J connectivity index is 2.04. The molecule has 8 heteroatoms. The molecular weight excluding hydrogens is 391 g/mol. The Bertz CT molecular complexity index is 972. The predicted octanol–water partition coefficient (Wildman–Crippen LogP) is 3.07. The van der Waals surface area contributed by atoms with Gasteiger partial charge in [-0.3, -0.25) is 14.5 Å². The minimum absolute atomic E-state index is 0.122. The number of hydrogen-bond donors (Lipinski definition) is 1. The van der Waals surface area contributed by atoms with Crippen molar-refractivity contribution in [2.75, 3.05) is 39.8 Å². The van der Waals surface area contributed by atoms with E-state index in [0.29, 0.717) is 35.8 Å². The Morgan fingerprint density at radius 3 is 2.27 bits per heavy atom. The smallest absolute Gasteiger partial charge is 0.278 e. The van der Waals surface area contributed by atoms with Crippen LogP contribution in [-0.2, 0) is 14.3 Å². The number of nitrogens with one attached hydrogen (secondary N) is 1. The van der Waals surface area contributed by atoms with Gasteiger partial charge in [-0.05, 0) is 48.4 Å². The lowest BCUT2D eigenvalue weighted by molar-refractivity contribution is -0.136. The summed E-state index contributed by atoms with van der Waals surface area (Å²) < 4.78 is 28.9. The van der Waals surface area contributed by atoms with E-state index >= 15 is 0 Å². The Labute approximate surface area is 174 Å². The summed E-state index contributed by atoms with van der Waals surface area (Å²) in [5.41, 5.74) is 1.33. The molecule has 2 amide bonds. The first kappa shape index (κ1) is 21.3. The molecule has 0 fully saturated rings. The summed E-state index contributed by atoms with van der Waals surface area (Å²) in [5, 5.41) is 2.98. The number of rotatable bonds is 9. The van der Waals surface area contributed by atoms with Crippen LogP contribution in [0.3, 0.4) is 0 Å². The predicted molar refractivity (Wildman–Crippen MR) is 110 cm³/mol. The highest BCUT2D eigenvalue weighted by atomic mass is 19.1. The summed E-state index contributed by atoms with van der Waals surface area (Å²) >= 11 is 0. The minimum atomic E-state index is -0.454. The van der Waals surface area contributed by atoms with Gasteiger partial charge in [0.25, 0.3) is 11.8 Å². The van der Waals surface area contributed by atoms with Gasteiger partial charge < -0.3 is 19.5 Å². The van der Waals surface area contributed by atoms with Crippen molar-refractivity contribution in [2.24, 2.45) is 0 Å². The molecule has 0 aliphatic carbocycles. The van der Waals surface area contributed by atoms with E-state index in [9.17, 15) is 14.0 Å².